The summed E-state index contributed by atoms with van der Waals surface area (Å²) in [4.78, 5) is 2.16. The highest BCUT2D eigenvalue weighted by Crippen LogP contribution is 2.32. The molecule has 0 fully saturated rings. The monoisotopic (exact) mass is 339 g/mol. The molecule has 1 atom stereocenters. The van der Waals surface area contributed by atoms with E-state index in [4.69, 9.17) is 0 Å². The molecule has 0 spiro atoms. The van der Waals surface area contributed by atoms with Crippen LogP contribution in [-0.2, 0) is 0 Å². The van der Waals surface area contributed by atoms with E-state index in [1.54, 1.807) is 23.9 Å². The second-order valence-electron chi connectivity index (χ2n) is 4.25. The van der Waals surface area contributed by atoms with Gasteiger partial charge in [0, 0.05) is 20.3 Å². The predicted molar refractivity (Wildman–Crippen MR) is 82.1 cm³/mol. The molecule has 19 heavy (non-hydrogen) atoms. The molecule has 2 aromatic rings. The molecule has 100 valence electrons. The summed E-state index contributed by atoms with van der Waals surface area (Å²) in [6.07, 6.45) is 0. The zero-order valence-corrected chi connectivity index (χ0v) is 13.2. The van der Waals surface area contributed by atoms with E-state index in [2.05, 4.69) is 46.4 Å². The highest BCUT2D eigenvalue weighted by atomic mass is 79.9. The van der Waals surface area contributed by atoms with Crippen molar-refractivity contribution in [1.29, 1.82) is 0 Å². The van der Waals surface area contributed by atoms with E-state index in [9.17, 15) is 4.39 Å². The second-order valence-corrected chi connectivity index (χ2v) is 6.25. The molecule has 2 rings (SSSR count). The van der Waals surface area contributed by atoms with Crippen LogP contribution in [0.5, 0.6) is 0 Å². The number of hydrogen-bond acceptors (Lipinski definition) is 2. The first-order valence-corrected chi connectivity index (χ1v) is 7.61. The Morgan fingerprint density at radius 2 is 1.74 bits per heavy atom. The van der Waals surface area contributed by atoms with Crippen molar-refractivity contribution in [3.63, 3.8) is 0 Å². The molecule has 1 N–H and O–H groups in total. The summed E-state index contributed by atoms with van der Waals surface area (Å²) in [5, 5.41) is 3.22. The highest BCUT2D eigenvalue weighted by molar-refractivity contribution is 9.10. The summed E-state index contributed by atoms with van der Waals surface area (Å²) in [7, 11) is 1.94. The molecule has 2 aromatic carbocycles. The fraction of sp³-hybridized carbons (Fsp3) is 0.200. The average molecular weight is 340 g/mol. The SMILES string of the molecule is CNC(C)c1ccc(Sc2ccc(F)cc2)cc1Br. The Labute approximate surface area is 125 Å². The van der Waals surface area contributed by atoms with Crippen molar-refractivity contribution in [3.05, 3.63) is 58.3 Å². The van der Waals surface area contributed by atoms with Crippen LogP contribution in [0.3, 0.4) is 0 Å². The normalized spacial score (nSPS) is 12.4. The third kappa shape index (κ3) is 3.81. The molecule has 0 aromatic heterocycles. The summed E-state index contributed by atoms with van der Waals surface area (Å²) in [5.41, 5.74) is 1.23. The quantitative estimate of drug-likeness (QED) is 0.839. The van der Waals surface area contributed by atoms with Crippen LogP contribution >= 0.6 is 27.7 Å². The highest BCUT2D eigenvalue weighted by Gasteiger charge is 2.08. The fourth-order valence-corrected chi connectivity index (χ4v) is 3.45. The van der Waals surface area contributed by atoms with Gasteiger partial charge in [0.05, 0.1) is 0 Å². The van der Waals surface area contributed by atoms with Crippen LogP contribution < -0.4 is 5.32 Å². The van der Waals surface area contributed by atoms with Crippen LogP contribution in [0.25, 0.3) is 0 Å². The standard InChI is InChI=1S/C15H15BrFNS/c1-10(18-2)14-8-7-13(9-15(14)16)19-12-5-3-11(17)4-6-12/h3-10,18H,1-2H3. The van der Waals surface area contributed by atoms with Crippen LogP contribution in [0, 0.1) is 5.82 Å². The van der Waals surface area contributed by atoms with Gasteiger partial charge in [-0.2, -0.15) is 0 Å². The summed E-state index contributed by atoms with van der Waals surface area (Å²) in [5.74, 6) is -0.205. The van der Waals surface area contributed by atoms with Crippen molar-refractivity contribution in [3.8, 4) is 0 Å². The second kappa shape index (κ2) is 6.55. The van der Waals surface area contributed by atoms with Crippen LogP contribution in [0.1, 0.15) is 18.5 Å². The van der Waals surface area contributed by atoms with Crippen LogP contribution in [0.2, 0.25) is 0 Å². The minimum absolute atomic E-state index is 0.205. The van der Waals surface area contributed by atoms with Gasteiger partial charge in [-0.3, -0.25) is 0 Å². The molecule has 0 saturated carbocycles. The van der Waals surface area contributed by atoms with Crippen LogP contribution in [0.4, 0.5) is 4.39 Å². The van der Waals surface area contributed by atoms with Gasteiger partial charge in [-0.1, -0.05) is 33.8 Å². The third-order valence-electron chi connectivity index (χ3n) is 2.92. The van der Waals surface area contributed by atoms with Gasteiger partial charge in [-0.15, -0.1) is 0 Å². The molecular formula is C15H15BrFNS. The molecule has 4 heteroatoms. The van der Waals surface area contributed by atoms with Crippen molar-refractivity contribution in [2.75, 3.05) is 7.05 Å². The van der Waals surface area contributed by atoms with Gasteiger partial charge in [0.25, 0.3) is 0 Å². The first-order valence-electron chi connectivity index (χ1n) is 6.00. The molecule has 0 amide bonds. The average Bonchev–Trinajstić information content (AvgIpc) is 2.41. The molecule has 1 unspecified atom stereocenters. The summed E-state index contributed by atoms with van der Waals surface area (Å²) < 4.78 is 13.9. The maximum absolute atomic E-state index is 12.8. The van der Waals surface area contributed by atoms with Gasteiger partial charge >= 0.3 is 0 Å². The van der Waals surface area contributed by atoms with E-state index in [0.29, 0.717) is 6.04 Å². The van der Waals surface area contributed by atoms with Crippen molar-refractivity contribution in [2.45, 2.75) is 22.8 Å². The Kier molecular flexibility index (Phi) is 5.02. The summed E-state index contributed by atoms with van der Waals surface area (Å²) in [6, 6.07) is 13.1. The Morgan fingerprint density at radius 1 is 1.11 bits per heavy atom. The van der Waals surface area contributed by atoms with Gasteiger partial charge in [0.1, 0.15) is 5.82 Å². The van der Waals surface area contributed by atoms with E-state index in [1.807, 2.05) is 7.05 Å². The topological polar surface area (TPSA) is 12.0 Å². The van der Waals surface area contributed by atoms with Gasteiger partial charge in [-0.05, 0) is 55.9 Å². The van der Waals surface area contributed by atoms with E-state index in [-0.39, 0.29) is 5.82 Å². The molecule has 0 saturated heterocycles. The Morgan fingerprint density at radius 3 is 2.32 bits per heavy atom. The summed E-state index contributed by atoms with van der Waals surface area (Å²) in [6.45, 7) is 2.12. The van der Waals surface area contributed by atoms with Gasteiger partial charge in [-0.25, -0.2) is 4.39 Å². The van der Waals surface area contributed by atoms with E-state index in [1.165, 1.54) is 17.7 Å². The molecular weight excluding hydrogens is 325 g/mol. The van der Waals surface area contributed by atoms with Crippen molar-refractivity contribution in [1.82, 2.24) is 5.32 Å². The first kappa shape index (κ1) is 14.6. The summed E-state index contributed by atoms with van der Waals surface area (Å²) >= 11 is 5.22. The van der Waals surface area contributed by atoms with E-state index < -0.39 is 0 Å². The van der Waals surface area contributed by atoms with E-state index >= 15 is 0 Å². The molecule has 0 radical (unpaired) electrons. The predicted octanol–water partition coefficient (Wildman–Crippen LogP) is 5.02. The number of benzene rings is 2. The van der Waals surface area contributed by atoms with Crippen LogP contribution in [-0.4, -0.2) is 7.05 Å². The largest absolute Gasteiger partial charge is 0.313 e. The van der Waals surface area contributed by atoms with Crippen molar-refractivity contribution in [2.24, 2.45) is 0 Å². The Bertz CT molecular complexity index is 557. The lowest BCUT2D eigenvalue weighted by atomic mass is 10.1. The zero-order valence-electron chi connectivity index (χ0n) is 10.8. The molecule has 0 heterocycles. The lowest BCUT2D eigenvalue weighted by molar-refractivity contribution is 0.626. The fourth-order valence-electron chi connectivity index (χ4n) is 1.72. The molecule has 0 aliphatic rings. The zero-order chi connectivity index (χ0) is 13.8. The minimum atomic E-state index is -0.205. The van der Waals surface area contributed by atoms with Gasteiger partial charge in [0.2, 0.25) is 0 Å². The molecule has 1 nitrogen and oxygen atoms in total. The van der Waals surface area contributed by atoms with Gasteiger partial charge < -0.3 is 5.32 Å². The molecule has 0 aliphatic heterocycles. The van der Waals surface area contributed by atoms with Crippen LogP contribution in [0.15, 0.2) is 56.7 Å². The number of halogens is 2. The lowest BCUT2D eigenvalue weighted by Crippen LogP contribution is -2.12. The van der Waals surface area contributed by atoms with E-state index in [0.717, 1.165) is 14.3 Å². The van der Waals surface area contributed by atoms with Gasteiger partial charge in [0.15, 0.2) is 0 Å². The Balaban J connectivity index is 2.18. The van der Waals surface area contributed by atoms with Crippen molar-refractivity contribution < 1.29 is 4.39 Å². The molecule has 0 aliphatic carbocycles. The molecule has 0 bridgehead atoms. The maximum Gasteiger partial charge on any atom is 0.123 e. The smallest absolute Gasteiger partial charge is 0.123 e. The van der Waals surface area contributed by atoms with Crippen molar-refractivity contribution >= 4 is 27.7 Å². The Hall–Kier alpha value is -0.840. The third-order valence-corrected chi connectivity index (χ3v) is 4.61. The number of nitrogens with one attached hydrogen (secondary N) is 1. The first-order chi connectivity index (χ1) is 9.10. The lowest BCUT2D eigenvalue weighted by Gasteiger charge is -2.13. The number of hydrogen-bond donors (Lipinski definition) is 1. The maximum atomic E-state index is 12.8. The minimum Gasteiger partial charge on any atom is -0.313 e. The number of rotatable bonds is 4.